The highest BCUT2D eigenvalue weighted by molar-refractivity contribution is 7.89. The molecule has 0 aliphatic carbocycles. The molecule has 0 aliphatic rings. The fourth-order valence-corrected chi connectivity index (χ4v) is 1.30. The van der Waals surface area contributed by atoms with Gasteiger partial charge in [-0.1, -0.05) is 0 Å². The summed E-state index contributed by atoms with van der Waals surface area (Å²) in [5.41, 5.74) is 0. The summed E-state index contributed by atoms with van der Waals surface area (Å²) in [7, 11) is -1.61. The summed E-state index contributed by atoms with van der Waals surface area (Å²) in [5.74, 6) is -0.0104. The van der Waals surface area contributed by atoms with Crippen molar-refractivity contribution in [3.05, 3.63) is 0 Å². The average Bonchev–Trinajstić information content (AvgIpc) is 1.62. The van der Waals surface area contributed by atoms with Crippen molar-refractivity contribution in [2.24, 2.45) is 5.14 Å². The zero-order valence-corrected chi connectivity index (χ0v) is 6.40. The second-order valence-corrected chi connectivity index (χ2v) is 3.68. The third kappa shape index (κ3) is 5.75. The van der Waals surface area contributed by atoms with Crippen molar-refractivity contribution in [2.75, 3.05) is 12.8 Å². The Labute approximate surface area is 55.5 Å². The lowest BCUT2D eigenvalue weighted by Gasteiger charge is -2.06. The Balaban J connectivity index is 3.75. The molecule has 0 fully saturated rings. The molecule has 3 N–H and O–H groups in total. The molecule has 0 heterocycles. The van der Waals surface area contributed by atoms with E-state index in [1.54, 1.807) is 14.0 Å². The molecule has 56 valence electrons. The monoisotopic (exact) mass is 152 g/mol. The van der Waals surface area contributed by atoms with Gasteiger partial charge < -0.3 is 5.32 Å². The van der Waals surface area contributed by atoms with Crippen LogP contribution in [0.15, 0.2) is 0 Å². The Morgan fingerprint density at radius 1 is 1.67 bits per heavy atom. The van der Waals surface area contributed by atoms with Crippen LogP contribution in [0, 0.1) is 0 Å². The van der Waals surface area contributed by atoms with Crippen molar-refractivity contribution in [3.63, 3.8) is 0 Å². The van der Waals surface area contributed by atoms with E-state index in [1.807, 2.05) is 0 Å². The Hall–Kier alpha value is -0.130. The van der Waals surface area contributed by atoms with Crippen molar-refractivity contribution in [1.82, 2.24) is 5.32 Å². The molecule has 9 heavy (non-hydrogen) atoms. The minimum Gasteiger partial charge on any atom is -0.316 e. The van der Waals surface area contributed by atoms with E-state index in [0.29, 0.717) is 0 Å². The number of nitrogens with one attached hydrogen (secondary N) is 1. The number of rotatable bonds is 3. The van der Waals surface area contributed by atoms with E-state index in [1.165, 1.54) is 0 Å². The van der Waals surface area contributed by atoms with Crippen LogP contribution in [-0.2, 0) is 10.0 Å². The van der Waals surface area contributed by atoms with E-state index in [-0.39, 0.29) is 11.8 Å². The van der Waals surface area contributed by atoms with Crippen molar-refractivity contribution in [2.45, 2.75) is 13.0 Å². The van der Waals surface area contributed by atoms with Gasteiger partial charge in [-0.25, -0.2) is 13.6 Å². The smallest absolute Gasteiger partial charge is 0.210 e. The molecule has 0 rings (SSSR count). The third-order valence-electron chi connectivity index (χ3n) is 0.975. The van der Waals surface area contributed by atoms with Crippen molar-refractivity contribution >= 4 is 10.0 Å². The Bertz CT molecular complexity index is 163. The average molecular weight is 152 g/mol. The summed E-state index contributed by atoms with van der Waals surface area (Å²) in [6.45, 7) is 1.75. The van der Waals surface area contributed by atoms with Gasteiger partial charge in [0.05, 0.1) is 5.75 Å². The fourth-order valence-electron chi connectivity index (χ4n) is 0.432. The first-order valence-corrected chi connectivity index (χ1v) is 4.35. The van der Waals surface area contributed by atoms with Crippen LogP contribution in [0.1, 0.15) is 6.92 Å². The van der Waals surface area contributed by atoms with E-state index in [0.717, 1.165) is 0 Å². The SMILES string of the molecule is CNC(C)CS(N)(=O)=O. The van der Waals surface area contributed by atoms with Crippen LogP contribution >= 0.6 is 0 Å². The van der Waals surface area contributed by atoms with Crippen molar-refractivity contribution in [3.8, 4) is 0 Å². The zero-order valence-electron chi connectivity index (χ0n) is 5.59. The lowest BCUT2D eigenvalue weighted by molar-refractivity contribution is 0.580. The first-order chi connectivity index (χ1) is 3.95. The van der Waals surface area contributed by atoms with Crippen LogP contribution in [0.2, 0.25) is 0 Å². The number of sulfonamides is 1. The summed E-state index contributed by atoms with van der Waals surface area (Å²) in [6, 6.07) is -0.0694. The summed E-state index contributed by atoms with van der Waals surface area (Å²) in [5, 5.41) is 7.51. The summed E-state index contributed by atoms with van der Waals surface area (Å²) >= 11 is 0. The molecule has 0 saturated heterocycles. The highest BCUT2D eigenvalue weighted by Crippen LogP contribution is 1.83. The predicted molar refractivity (Wildman–Crippen MR) is 36.5 cm³/mol. The summed E-state index contributed by atoms with van der Waals surface area (Å²) in [4.78, 5) is 0. The predicted octanol–water partition coefficient (Wildman–Crippen LogP) is -1.12. The molecule has 0 amide bonds. The van der Waals surface area contributed by atoms with E-state index in [4.69, 9.17) is 5.14 Å². The highest BCUT2D eigenvalue weighted by atomic mass is 32.2. The van der Waals surface area contributed by atoms with Gasteiger partial charge in [-0.15, -0.1) is 0 Å². The second kappa shape index (κ2) is 3.14. The van der Waals surface area contributed by atoms with Gasteiger partial charge >= 0.3 is 0 Å². The molecule has 0 bridgehead atoms. The van der Waals surface area contributed by atoms with Gasteiger partial charge in [0.1, 0.15) is 0 Å². The summed E-state index contributed by atoms with van der Waals surface area (Å²) in [6.07, 6.45) is 0. The number of hydrogen-bond acceptors (Lipinski definition) is 3. The normalized spacial score (nSPS) is 15.4. The van der Waals surface area contributed by atoms with Crippen LogP contribution < -0.4 is 10.5 Å². The summed E-state index contributed by atoms with van der Waals surface area (Å²) < 4.78 is 20.7. The van der Waals surface area contributed by atoms with Gasteiger partial charge in [-0.2, -0.15) is 0 Å². The maximum absolute atomic E-state index is 10.3. The fraction of sp³-hybridized carbons (Fsp3) is 1.00. The zero-order chi connectivity index (χ0) is 7.49. The maximum atomic E-state index is 10.3. The Morgan fingerprint density at radius 3 is 2.22 bits per heavy atom. The molecular weight excluding hydrogens is 140 g/mol. The first kappa shape index (κ1) is 8.87. The van der Waals surface area contributed by atoms with Crippen LogP contribution in [0.4, 0.5) is 0 Å². The third-order valence-corrected chi connectivity index (χ3v) is 1.94. The first-order valence-electron chi connectivity index (χ1n) is 2.63. The standard InChI is InChI=1S/C4H12N2O2S/c1-4(6-2)3-9(5,7)8/h4,6H,3H2,1-2H3,(H2,5,7,8). The highest BCUT2D eigenvalue weighted by Gasteiger charge is 2.07. The molecule has 0 radical (unpaired) electrons. The van der Waals surface area contributed by atoms with Crippen LogP contribution in [0.25, 0.3) is 0 Å². The molecule has 0 spiro atoms. The lowest BCUT2D eigenvalue weighted by Crippen LogP contribution is -2.33. The number of primary sulfonamides is 1. The van der Waals surface area contributed by atoms with Gasteiger partial charge in [-0.3, -0.25) is 0 Å². The van der Waals surface area contributed by atoms with E-state index in [2.05, 4.69) is 5.32 Å². The van der Waals surface area contributed by atoms with Gasteiger partial charge in [-0.05, 0) is 14.0 Å². The van der Waals surface area contributed by atoms with E-state index in [9.17, 15) is 8.42 Å². The quantitative estimate of drug-likeness (QED) is 0.538. The van der Waals surface area contributed by atoms with Crippen LogP contribution in [-0.4, -0.2) is 27.3 Å². The molecule has 1 atom stereocenters. The topological polar surface area (TPSA) is 72.2 Å². The largest absolute Gasteiger partial charge is 0.316 e. The van der Waals surface area contributed by atoms with Gasteiger partial charge in [0, 0.05) is 6.04 Å². The van der Waals surface area contributed by atoms with Gasteiger partial charge in [0.25, 0.3) is 0 Å². The Morgan fingerprint density at radius 2 is 2.11 bits per heavy atom. The lowest BCUT2D eigenvalue weighted by atomic mass is 10.4. The van der Waals surface area contributed by atoms with Gasteiger partial charge in [0.2, 0.25) is 10.0 Å². The molecular formula is C4H12N2O2S. The van der Waals surface area contributed by atoms with Crippen LogP contribution in [0.5, 0.6) is 0 Å². The molecule has 0 aromatic heterocycles. The molecule has 0 aromatic carbocycles. The number of nitrogens with two attached hydrogens (primary N) is 1. The molecule has 0 aromatic rings. The Kier molecular flexibility index (Phi) is 3.10. The van der Waals surface area contributed by atoms with Gasteiger partial charge in [0.15, 0.2) is 0 Å². The van der Waals surface area contributed by atoms with Crippen molar-refractivity contribution < 1.29 is 8.42 Å². The van der Waals surface area contributed by atoms with Crippen molar-refractivity contribution in [1.29, 1.82) is 0 Å². The molecule has 5 heteroatoms. The van der Waals surface area contributed by atoms with E-state index < -0.39 is 10.0 Å². The van der Waals surface area contributed by atoms with E-state index >= 15 is 0 Å². The number of hydrogen-bond donors (Lipinski definition) is 2. The maximum Gasteiger partial charge on any atom is 0.210 e. The van der Waals surface area contributed by atoms with Crippen LogP contribution in [0.3, 0.4) is 0 Å². The minimum atomic E-state index is -3.30. The molecule has 4 nitrogen and oxygen atoms in total. The molecule has 1 unspecified atom stereocenters. The minimum absolute atomic E-state index is 0.0104. The second-order valence-electron chi connectivity index (χ2n) is 2.02. The molecule has 0 saturated carbocycles. The molecule has 0 aliphatic heterocycles.